The van der Waals surface area contributed by atoms with Crippen molar-refractivity contribution < 1.29 is 61.6 Å². The second-order valence-corrected chi connectivity index (χ2v) is 9.19. The van der Waals surface area contributed by atoms with Gasteiger partial charge in [0.2, 0.25) is 0 Å². The van der Waals surface area contributed by atoms with Gasteiger partial charge in [0.25, 0.3) is 0 Å². The van der Waals surface area contributed by atoms with E-state index in [-0.39, 0.29) is 6.29 Å². The molecule has 0 aromatic carbocycles. The van der Waals surface area contributed by atoms with Crippen molar-refractivity contribution in [2.75, 3.05) is 165 Å². The average Bonchev–Trinajstić information content (AvgIpc) is 3.03. The fourth-order valence-electron chi connectivity index (χ4n) is 3.47. The second-order valence-electron chi connectivity index (χ2n) is 9.19. The molecule has 0 aromatic rings. The van der Waals surface area contributed by atoms with Crippen LogP contribution in [0.4, 0.5) is 0 Å². The van der Waals surface area contributed by atoms with Gasteiger partial charge in [-0.2, -0.15) is 0 Å². The SMILES string of the molecule is NCCOCCOCCOCCOCCOCCOCCOCCOCCOCCOCCOCCOC1CCCCO1. The molecule has 0 amide bonds. The minimum atomic E-state index is -0.0650. The molecule has 0 aromatic heterocycles. The highest BCUT2D eigenvalue weighted by molar-refractivity contribution is 4.53. The standard InChI is InChI=1S/C29H59NO13/c30-4-6-31-7-8-32-9-10-33-11-12-34-13-14-35-15-16-36-17-18-37-19-20-38-21-22-39-23-24-40-25-26-41-27-28-43-29-3-1-2-5-42-29/h29H,1-28,30H2. The Morgan fingerprint density at radius 3 is 0.907 bits per heavy atom. The smallest absolute Gasteiger partial charge is 0.157 e. The van der Waals surface area contributed by atoms with Gasteiger partial charge in [-0.05, 0) is 19.3 Å². The maximum atomic E-state index is 5.60. The number of hydrogen-bond donors (Lipinski definition) is 1. The molecular formula is C29H59NO13. The highest BCUT2D eigenvalue weighted by atomic mass is 16.7. The van der Waals surface area contributed by atoms with Crippen LogP contribution < -0.4 is 5.73 Å². The lowest BCUT2D eigenvalue weighted by Crippen LogP contribution is -2.24. The fourth-order valence-corrected chi connectivity index (χ4v) is 3.47. The largest absolute Gasteiger partial charge is 0.378 e. The van der Waals surface area contributed by atoms with Gasteiger partial charge in [-0.3, -0.25) is 0 Å². The zero-order valence-electron chi connectivity index (χ0n) is 26.3. The molecule has 14 nitrogen and oxygen atoms in total. The normalized spacial score (nSPS) is 15.4. The second kappa shape index (κ2) is 35.9. The summed E-state index contributed by atoms with van der Waals surface area (Å²) in [6.45, 7) is 13.4. The molecule has 0 radical (unpaired) electrons. The first-order valence-corrected chi connectivity index (χ1v) is 15.7. The van der Waals surface area contributed by atoms with E-state index in [1.54, 1.807) is 0 Å². The molecule has 0 saturated carbocycles. The van der Waals surface area contributed by atoms with Crippen LogP contribution >= 0.6 is 0 Å². The van der Waals surface area contributed by atoms with E-state index in [0.717, 1.165) is 19.4 Å². The molecule has 0 spiro atoms. The van der Waals surface area contributed by atoms with E-state index in [9.17, 15) is 0 Å². The summed E-state index contributed by atoms with van der Waals surface area (Å²) in [6.07, 6.45) is 3.19. The fraction of sp³-hybridized carbons (Fsp3) is 1.00. The van der Waals surface area contributed by atoms with E-state index >= 15 is 0 Å². The van der Waals surface area contributed by atoms with Crippen molar-refractivity contribution in [2.24, 2.45) is 5.73 Å². The average molecular weight is 630 g/mol. The van der Waals surface area contributed by atoms with E-state index in [4.69, 9.17) is 67.3 Å². The van der Waals surface area contributed by atoms with E-state index < -0.39 is 0 Å². The molecule has 0 aliphatic carbocycles. The third-order valence-electron chi connectivity index (χ3n) is 5.65. The molecule has 1 aliphatic heterocycles. The van der Waals surface area contributed by atoms with Crippen LogP contribution in [0.5, 0.6) is 0 Å². The van der Waals surface area contributed by atoms with E-state index in [1.807, 2.05) is 0 Å². The van der Waals surface area contributed by atoms with Gasteiger partial charge in [0.05, 0.1) is 152 Å². The van der Waals surface area contributed by atoms with Crippen molar-refractivity contribution in [2.45, 2.75) is 25.6 Å². The quantitative estimate of drug-likeness (QED) is 0.0969. The van der Waals surface area contributed by atoms with Gasteiger partial charge in [-0.25, -0.2) is 0 Å². The molecule has 1 unspecified atom stereocenters. The molecule has 258 valence electrons. The molecule has 0 bridgehead atoms. The minimum Gasteiger partial charge on any atom is -0.378 e. The first kappa shape index (κ1) is 40.5. The van der Waals surface area contributed by atoms with Crippen molar-refractivity contribution >= 4 is 0 Å². The lowest BCUT2D eigenvalue weighted by molar-refractivity contribution is -0.169. The Labute approximate surface area is 258 Å². The van der Waals surface area contributed by atoms with Crippen LogP contribution in [0, 0.1) is 0 Å². The van der Waals surface area contributed by atoms with Gasteiger partial charge in [0, 0.05) is 13.2 Å². The summed E-state index contributed by atoms with van der Waals surface area (Å²) >= 11 is 0. The van der Waals surface area contributed by atoms with Crippen molar-refractivity contribution in [1.82, 2.24) is 0 Å². The summed E-state index contributed by atoms with van der Waals surface area (Å²) in [5.41, 5.74) is 5.33. The number of rotatable bonds is 36. The Hall–Kier alpha value is -0.560. The predicted octanol–water partition coefficient (Wildman–Crippen LogP) is 0.671. The molecule has 1 heterocycles. The number of hydrogen-bond acceptors (Lipinski definition) is 14. The van der Waals surface area contributed by atoms with Crippen LogP contribution in [0.15, 0.2) is 0 Å². The van der Waals surface area contributed by atoms with Crippen LogP contribution in [-0.4, -0.2) is 171 Å². The first-order valence-electron chi connectivity index (χ1n) is 15.7. The zero-order valence-corrected chi connectivity index (χ0v) is 26.3. The van der Waals surface area contributed by atoms with E-state index in [2.05, 4.69) is 0 Å². The summed E-state index contributed by atoms with van der Waals surface area (Å²) in [6, 6.07) is 0. The van der Waals surface area contributed by atoms with E-state index in [0.29, 0.717) is 159 Å². The van der Waals surface area contributed by atoms with Crippen LogP contribution in [0.3, 0.4) is 0 Å². The molecule has 43 heavy (non-hydrogen) atoms. The highest BCUT2D eigenvalue weighted by Crippen LogP contribution is 2.13. The van der Waals surface area contributed by atoms with E-state index in [1.165, 1.54) is 6.42 Å². The highest BCUT2D eigenvalue weighted by Gasteiger charge is 2.13. The minimum absolute atomic E-state index is 0.0650. The maximum absolute atomic E-state index is 5.60. The predicted molar refractivity (Wildman–Crippen MR) is 158 cm³/mol. The molecule has 1 aliphatic rings. The Balaban J connectivity index is 1.60. The van der Waals surface area contributed by atoms with Crippen molar-refractivity contribution in [3.63, 3.8) is 0 Å². The Morgan fingerprint density at radius 2 is 0.651 bits per heavy atom. The molecule has 1 atom stereocenters. The first-order chi connectivity index (χ1) is 21.4. The Morgan fingerprint density at radius 1 is 0.372 bits per heavy atom. The monoisotopic (exact) mass is 629 g/mol. The third kappa shape index (κ3) is 32.6. The Kier molecular flexibility index (Phi) is 33.8. The number of nitrogens with two attached hydrogens (primary N) is 1. The summed E-state index contributed by atoms with van der Waals surface area (Å²) in [7, 11) is 0. The van der Waals surface area contributed by atoms with Crippen LogP contribution in [0.2, 0.25) is 0 Å². The topological polar surface area (TPSA) is 146 Å². The van der Waals surface area contributed by atoms with Gasteiger partial charge in [0.15, 0.2) is 6.29 Å². The summed E-state index contributed by atoms with van der Waals surface area (Å²) < 4.78 is 70.9. The van der Waals surface area contributed by atoms with Crippen LogP contribution in [0.1, 0.15) is 19.3 Å². The molecule has 14 heteroatoms. The maximum Gasteiger partial charge on any atom is 0.157 e. The molecule has 1 saturated heterocycles. The number of ether oxygens (including phenoxy) is 13. The van der Waals surface area contributed by atoms with Crippen LogP contribution in [0.25, 0.3) is 0 Å². The summed E-state index contributed by atoms with van der Waals surface area (Å²) in [5.74, 6) is 0. The van der Waals surface area contributed by atoms with Gasteiger partial charge >= 0.3 is 0 Å². The van der Waals surface area contributed by atoms with Gasteiger partial charge in [-0.1, -0.05) is 0 Å². The van der Waals surface area contributed by atoms with Gasteiger partial charge in [-0.15, -0.1) is 0 Å². The zero-order chi connectivity index (χ0) is 30.6. The van der Waals surface area contributed by atoms with Gasteiger partial charge < -0.3 is 67.3 Å². The lowest BCUT2D eigenvalue weighted by Gasteiger charge is -2.22. The molecular weight excluding hydrogens is 570 g/mol. The van der Waals surface area contributed by atoms with Crippen LogP contribution in [-0.2, 0) is 61.6 Å². The Bertz CT molecular complexity index is 519. The summed E-state index contributed by atoms with van der Waals surface area (Å²) in [4.78, 5) is 0. The molecule has 1 rings (SSSR count). The molecule has 1 fully saturated rings. The van der Waals surface area contributed by atoms with Crippen molar-refractivity contribution in [3.05, 3.63) is 0 Å². The molecule has 2 N–H and O–H groups in total. The lowest BCUT2D eigenvalue weighted by atomic mass is 10.2. The van der Waals surface area contributed by atoms with Crippen molar-refractivity contribution in [1.29, 1.82) is 0 Å². The third-order valence-corrected chi connectivity index (χ3v) is 5.65. The van der Waals surface area contributed by atoms with Crippen molar-refractivity contribution in [3.8, 4) is 0 Å². The van der Waals surface area contributed by atoms with Gasteiger partial charge in [0.1, 0.15) is 0 Å². The summed E-state index contributed by atoms with van der Waals surface area (Å²) in [5, 5.41) is 0.